The van der Waals surface area contributed by atoms with Crippen molar-refractivity contribution in [2.75, 3.05) is 40.9 Å². The van der Waals surface area contributed by atoms with Crippen LogP contribution < -0.4 is 5.32 Å². The standard InChI is InChI=1S/C66H115N2O7P/c1-7-10-13-16-19-22-25-28-30-31-32-33-34-35-36-37-38-41-44-47-50-53-56-59-66(70)75-64(57-54-51-48-45-42-39-27-24-21-18-15-12-9-3)63(62-74-76(71,72)73-61-60-68(4,5)6)67-65(69)58-55-52-49-46-43-40-29-26-23-20-17-14-11-8-2/h10-11,13-14,19-20,22-23,28,30,32-33,35-36,38,41,54,57,63-64H,7-9,12,15-18,21,24-27,29,31,34,37,39-40,42-53,55-56,58-62H2,1-6H3,(H-,67,69,71,72)/p+1/b13-10-,14-11+,22-19-,23-20+,30-28-,33-32-,36-35-,41-38-,57-54-. The van der Waals surface area contributed by atoms with Crippen LogP contribution in [-0.4, -0.2) is 74.3 Å². The first-order chi connectivity index (χ1) is 36.9. The lowest BCUT2D eigenvalue weighted by Gasteiger charge is -2.27. The van der Waals surface area contributed by atoms with Crippen molar-refractivity contribution < 1.29 is 37.3 Å². The molecule has 3 atom stereocenters. The number of nitrogens with zero attached hydrogens (tertiary/aromatic N) is 1. The lowest BCUT2D eigenvalue weighted by atomic mass is 10.0. The van der Waals surface area contributed by atoms with Crippen molar-refractivity contribution in [1.29, 1.82) is 0 Å². The van der Waals surface area contributed by atoms with Gasteiger partial charge in [-0.3, -0.25) is 18.6 Å². The van der Waals surface area contributed by atoms with Crippen LogP contribution in [0.4, 0.5) is 0 Å². The Kier molecular flexibility index (Phi) is 52.6. The van der Waals surface area contributed by atoms with Crippen LogP contribution in [0.15, 0.2) is 109 Å². The Bertz CT molecular complexity index is 1670. The monoisotopic (exact) mass is 1080 g/mol. The van der Waals surface area contributed by atoms with Gasteiger partial charge in [-0.05, 0) is 109 Å². The fraction of sp³-hybridized carbons (Fsp3) is 0.697. The third-order valence-electron chi connectivity index (χ3n) is 13.0. The third-order valence-corrected chi connectivity index (χ3v) is 13.9. The van der Waals surface area contributed by atoms with Gasteiger partial charge in [0.1, 0.15) is 19.3 Å². The number of rotatable bonds is 54. The summed E-state index contributed by atoms with van der Waals surface area (Å²) in [5.74, 6) is -0.549. The van der Waals surface area contributed by atoms with Crippen molar-refractivity contribution in [3.05, 3.63) is 109 Å². The molecule has 76 heavy (non-hydrogen) atoms. The van der Waals surface area contributed by atoms with Crippen LogP contribution in [0.1, 0.15) is 245 Å². The Morgan fingerprint density at radius 1 is 0.474 bits per heavy atom. The number of nitrogens with one attached hydrogen (secondary N) is 1. The van der Waals surface area contributed by atoms with E-state index in [1.165, 1.54) is 77.0 Å². The molecule has 0 aliphatic rings. The molecule has 0 aromatic rings. The van der Waals surface area contributed by atoms with E-state index in [-0.39, 0.29) is 31.5 Å². The first kappa shape index (κ1) is 72.7. The molecule has 0 saturated carbocycles. The number of carbonyl (C=O) groups excluding carboxylic acids is 2. The molecular weight excluding hydrogens is 964 g/mol. The zero-order chi connectivity index (χ0) is 55.7. The van der Waals surface area contributed by atoms with Crippen LogP contribution in [0.3, 0.4) is 0 Å². The van der Waals surface area contributed by atoms with E-state index < -0.39 is 20.0 Å². The Hall–Kier alpha value is -3.33. The molecule has 0 radical (unpaired) electrons. The molecule has 0 fully saturated rings. The van der Waals surface area contributed by atoms with Gasteiger partial charge in [0.2, 0.25) is 5.91 Å². The Labute approximate surface area is 468 Å². The van der Waals surface area contributed by atoms with E-state index in [0.717, 1.165) is 128 Å². The summed E-state index contributed by atoms with van der Waals surface area (Å²) in [6, 6.07) is -0.870. The van der Waals surface area contributed by atoms with E-state index in [2.05, 4.69) is 123 Å². The predicted molar refractivity (Wildman–Crippen MR) is 327 cm³/mol. The second kappa shape index (κ2) is 55.0. The fourth-order valence-electron chi connectivity index (χ4n) is 8.27. The van der Waals surface area contributed by atoms with Crippen molar-refractivity contribution in [2.24, 2.45) is 0 Å². The quantitative estimate of drug-likeness (QED) is 0.0205. The zero-order valence-electron chi connectivity index (χ0n) is 49.7. The van der Waals surface area contributed by atoms with Crippen LogP contribution >= 0.6 is 7.82 Å². The number of esters is 1. The molecule has 0 heterocycles. The van der Waals surface area contributed by atoms with Crippen molar-refractivity contribution in [1.82, 2.24) is 5.32 Å². The maximum atomic E-state index is 13.5. The summed E-state index contributed by atoms with van der Waals surface area (Å²) >= 11 is 0. The van der Waals surface area contributed by atoms with Crippen LogP contribution in [0.5, 0.6) is 0 Å². The summed E-state index contributed by atoms with van der Waals surface area (Å²) in [6.07, 6.45) is 75.1. The molecule has 0 aliphatic carbocycles. The number of phosphoric ester groups is 1. The second-order valence-corrected chi connectivity index (χ2v) is 22.9. The van der Waals surface area contributed by atoms with Crippen molar-refractivity contribution in [3.63, 3.8) is 0 Å². The van der Waals surface area contributed by atoms with Gasteiger partial charge >= 0.3 is 13.8 Å². The van der Waals surface area contributed by atoms with Gasteiger partial charge < -0.3 is 19.4 Å². The maximum absolute atomic E-state index is 13.5. The number of quaternary nitrogens is 1. The number of amides is 1. The molecule has 10 heteroatoms. The van der Waals surface area contributed by atoms with Crippen LogP contribution in [0.25, 0.3) is 0 Å². The molecule has 0 aliphatic heterocycles. The highest BCUT2D eigenvalue weighted by molar-refractivity contribution is 7.47. The zero-order valence-corrected chi connectivity index (χ0v) is 50.6. The number of likely N-dealkylation sites (N-methyl/N-ethyl adjacent to an activating group) is 1. The average molecular weight is 1080 g/mol. The molecule has 436 valence electrons. The molecular formula is C66H116N2O7P+. The van der Waals surface area contributed by atoms with Gasteiger partial charge in [0.05, 0.1) is 33.8 Å². The highest BCUT2D eigenvalue weighted by atomic mass is 31.2. The molecule has 3 unspecified atom stereocenters. The Morgan fingerprint density at radius 2 is 0.842 bits per heavy atom. The van der Waals surface area contributed by atoms with E-state index in [1.807, 2.05) is 33.3 Å². The van der Waals surface area contributed by atoms with Gasteiger partial charge in [-0.1, -0.05) is 233 Å². The van der Waals surface area contributed by atoms with Crippen LogP contribution in [-0.2, 0) is 27.9 Å². The molecule has 0 saturated heterocycles. The highest BCUT2D eigenvalue weighted by Gasteiger charge is 2.30. The first-order valence-electron chi connectivity index (χ1n) is 30.7. The van der Waals surface area contributed by atoms with Gasteiger partial charge in [0.15, 0.2) is 0 Å². The van der Waals surface area contributed by atoms with Gasteiger partial charge in [0.25, 0.3) is 0 Å². The first-order valence-corrected chi connectivity index (χ1v) is 32.2. The largest absolute Gasteiger partial charge is 0.472 e. The van der Waals surface area contributed by atoms with E-state index in [9.17, 15) is 19.0 Å². The fourth-order valence-corrected chi connectivity index (χ4v) is 9.01. The molecule has 9 nitrogen and oxygen atoms in total. The molecule has 0 aromatic heterocycles. The third kappa shape index (κ3) is 55.4. The predicted octanol–water partition coefficient (Wildman–Crippen LogP) is 18.9. The van der Waals surface area contributed by atoms with Crippen LogP contribution in [0.2, 0.25) is 0 Å². The lowest BCUT2D eigenvalue weighted by molar-refractivity contribution is -0.870. The number of ether oxygens (including phenoxy) is 1. The SMILES string of the molecule is CC/C=C\C/C=C\C/C=C\C/C=C\C/C=C\C/C=C\CCCCCCC(=O)OC(/C=C\CCCCCCCCCCCCC)C(COP(=O)(O)OCC[N+](C)(C)C)NC(=O)CCCCCCCCC/C=C/C/C=C/CC. The summed E-state index contributed by atoms with van der Waals surface area (Å²) in [6.45, 7) is 6.76. The normalized spacial score (nSPS) is 14.5. The molecule has 0 rings (SSSR count). The number of unbranched alkanes of at least 4 members (excludes halogenated alkanes) is 22. The molecule has 0 aromatic carbocycles. The van der Waals surface area contributed by atoms with Gasteiger partial charge in [-0.25, -0.2) is 4.57 Å². The number of carbonyl (C=O) groups is 2. The summed E-state index contributed by atoms with van der Waals surface area (Å²) in [4.78, 5) is 37.7. The Morgan fingerprint density at radius 3 is 1.26 bits per heavy atom. The Balaban J connectivity index is 5.33. The maximum Gasteiger partial charge on any atom is 0.472 e. The summed E-state index contributed by atoms with van der Waals surface area (Å²) in [7, 11) is 1.46. The van der Waals surface area contributed by atoms with Gasteiger partial charge in [-0.2, -0.15) is 0 Å². The van der Waals surface area contributed by atoms with Crippen LogP contribution in [0, 0.1) is 0 Å². The number of phosphoric acid groups is 1. The summed E-state index contributed by atoms with van der Waals surface area (Å²) in [5.41, 5.74) is 0. The smallest absolute Gasteiger partial charge is 0.456 e. The van der Waals surface area contributed by atoms with E-state index in [4.69, 9.17) is 13.8 Å². The minimum atomic E-state index is -4.46. The molecule has 1 amide bonds. The highest BCUT2D eigenvalue weighted by Crippen LogP contribution is 2.43. The lowest BCUT2D eigenvalue weighted by Crippen LogP contribution is -2.47. The van der Waals surface area contributed by atoms with Crippen molar-refractivity contribution >= 4 is 19.7 Å². The van der Waals surface area contributed by atoms with Gasteiger partial charge in [-0.15, -0.1) is 0 Å². The molecule has 0 spiro atoms. The van der Waals surface area contributed by atoms with Crippen molar-refractivity contribution in [2.45, 2.75) is 258 Å². The van der Waals surface area contributed by atoms with Crippen molar-refractivity contribution in [3.8, 4) is 0 Å². The van der Waals surface area contributed by atoms with E-state index in [1.54, 1.807) is 0 Å². The topological polar surface area (TPSA) is 111 Å². The number of hydrogen-bond donors (Lipinski definition) is 2. The minimum Gasteiger partial charge on any atom is -0.456 e. The minimum absolute atomic E-state index is 0.0287. The second-order valence-electron chi connectivity index (χ2n) is 21.5. The van der Waals surface area contributed by atoms with E-state index >= 15 is 0 Å². The molecule has 0 bridgehead atoms. The number of allylic oxidation sites excluding steroid dienone is 17. The summed E-state index contributed by atoms with van der Waals surface area (Å²) in [5, 5.41) is 3.04. The summed E-state index contributed by atoms with van der Waals surface area (Å²) < 4.78 is 30.7. The van der Waals surface area contributed by atoms with Gasteiger partial charge in [0, 0.05) is 12.8 Å². The molecule has 2 N–H and O–H groups in total. The van der Waals surface area contributed by atoms with E-state index in [0.29, 0.717) is 23.9 Å². The average Bonchev–Trinajstić information content (AvgIpc) is 3.38. The number of hydrogen-bond acceptors (Lipinski definition) is 6.